The summed E-state index contributed by atoms with van der Waals surface area (Å²) in [5.41, 5.74) is 2.46. The molecule has 0 fully saturated rings. The molecule has 96 valence electrons. The van der Waals surface area contributed by atoms with Crippen LogP contribution in [0.5, 0.6) is 0 Å². The van der Waals surface area contributed by atoms with Gasteiger partial charge in [0.1, 0.15) is 11.3 Å². The summed E-state index contributed by atoms with van der Waals surface area (Å²) >= 11 is 0. The lowest BCUT2D eigenvalue weighted by atomic mass is 10.2. The number of nitrogens with zero attached hydrogens (tertiary/aromatic N) is 1. The van der Waals surface area contributed by atoms with Crippen LogP contribution in [0.3, 0.4) is 0 Å². The van der Waals surface area contributed by atoms with E-state index in [-0.39, 0.29) is 5.56 Å². The van der Waals surface area contributed by atoms with Crippen LogP contribution < -0.4 is 0 Å². The molecule has 1 N–H and O–H groups in total. The van der Waals surface area contributed by atoms with E-state index >= 15 is 0 Å². The van der Waals surface area contributed by atoms with Crippen LogP contribution in [0.15, 0.2) is 47.2 Å². The lowest BCUT2D eigenvalue weighted by molar-refractivity contribution is 0.0694. The van der Waals surface area contributed by atoms with Crippen LogP contribution in [0.4, 0.5) is 0 Å². The number of aromatic nitrogens is 1. The molecule has 0 aliphatic carbocycles. The van der Waals surface area contributed by atoms with Crippen LogP contribution in [-0.2, 0) is 6.54 Å². The minimum atomic E-state index is -0.961. The zero-order chi connectivity index (χ0) is 13.4. The Morgan fingerprint density at radius 1 is 1.32 bits per heavy atom. The van der Waals surface area contributed by atoms with Crippen molar-refractivity contribution in [3.8, 4) is 0 Å². The third kappa shape index (κ3) is 1.91. The number of carboxylic acid groups (broad SMARTS) is 1. The summed E-state index contributed by atoms with van der Waals surface area (Å²) in [5.74, 6) is -0.495. The topological polar surface area (TPSA) is 55.4 Å². The smallest absolute Gasteiger partial charge is 0.339 e. The fourth-order valence-corrected chi connectivity index (χ4v) is 2.37. The monoisotopic (exact) mass is 255 g/mol. The van der Waals surface area contributed by atoms with E-state index in [1.807, 2.05) is 35.9 Å². The van der Waals surface area contributed by atoms with Gasteiger partial charge in [0.25, 0.3) is 0 Å². The predicted molar refractivity (Wildman–Crippen MR) is 71.4 cm³/mol. The number of carbonyl (C=O) groups is 1. The number of para-hydroxylation sites is 1. The zero-order valence-corrected chi connectivity index (χ0v) is 10.5. The molecule has 3 aromatic rings. The summed E-state index contributed by atoms with van der Waals surface area (Å²) in [7, 11) is 0. The number of carboxylic acids is 1. The second-order valence-corrected chi connectivity index (χ2v) is 4.52. The molecule has 2 heterocycles. The van der Waals surface area contributed by atoms with Crippen molar-refractivity contribution in [3.05, 3.63) is 59.7 Å². The third-order valence-corrected chi connectivity index (χ3v) is 3.28. The van der Waals surface area contributed by atoms with Crippen LogP contribution >= 0.6 is 0 Å². The molecule has 0 saturated carbocycles. The number of benzene rings is 1. The number of aryl methyl sites for hydroxylation is 1. The molecule has 0 unspecified atom stereocenters. The second kappa shape index (κ2) is 4.31. The maximum absolute atomic E-state index is 11.1. The summed E-state index contributed by atoms with van der Waals surface area (Å²) in [6.07, 6.45) is 3.43. The highest BCUT2D eigenvalue weighted by Crippen LogP contribution is 2.22. The van der Waals surface area contributed by atoms with Crippen LogP contribution in [0.25, 0.3) is 10.9 Å². The molecule has 1 aromatic carbocycles. The van der Waals surface area contributed by atoms with Crippen molar-refractivity contribution in [1.82, 2.24) is 4.57 Å². The Hall–Kier alpha value is -2.49. The minimum absolute atomic E-state index is 0.218. The molecule has 19 heavy (non-hydrogen) atoms. The highest BCUT2D eigenvalue weighted by molar-refractivity contribution is 5.89. The van der Waals surface area contributed by atoms with E-state index in [9.17, 15) is 4.79 Å². The Kier molecular flexibility index (Phi) is 2.63. The minimum Gasteiger partial charge on any atom is -0.478 e. The fourth-order valence-electron chi connectivity index (χ4n) is 2.37. The maximum Gasteiger partial charge on any atom is 0.339 e. The van der Waals surface area contributed by atoms with Gasteiger partial charge in [0.15, 0.2) is 0 Å². The first-order chi connectivity index (χ1) is 9.16. The molecule has 2 aromatic heterocycles. The summed E-state index contributed by atoms with van der Waals surface area (Å²) < 4.78 is 7.30. The van der Waals surface area contributed by atoms with Gasteiger partial charge in [-0.1, -0.05) is 18.2 Å². The summed E-state index contributed by atoms with van der Waals surface area (Å²) in [6, 6.07) is 9.52. The number of hydrogen-bond donors (Lipinski definition) is 1. The molecule has 0 aliphatic rings. The molecule has 0 spiro atoms. The molecular formula is C15H13NO3. The highest BCUT2D eigenvalue weighted by atomic mass is 16.4. The van der Waals surface area contributed by atoms with Gasteiger partial charge in [-0.3, -0.25) is 0 Å². The molecule has 0 aliphatic heterocycles. The average Bonchev–Trinajstić information content (AvgIpc) is 2.97. The number of rotatable bonds is 3. The summed E-state index contributed by atoms with van der Waals surface area (Å²) in [5, 5.41) is 10.3. The fraction of sp³-hybridized carbons (Fsp3) is 0.133. The van der Waals surface area contributed by atoms with Crippen molar-refractivity contribution < 1.29 is 14.3 Å². The van der Waals surface area contributed by atoms with Crippen molar-refractivity contribution in [2.75, 3.05) is 0 Å². The first-order valence-electron chi connectivity index (χ1n) is 6.01. The maximum atomic E-state index is 11.1. The molecule has 4 heteroatoms. The molecule has 0 radical (unpaired) electrons. The van der Waals surface area contributed by atoms with Gasteiger partial charge in [-0.15, -0.1) is 0 Å². The normalized spacial score (nSPS) is 11.0. The van der Waals surface area contributed by atoms with Gasteiger partial charge in [0.2, 0.25) is 0 Å². The zero-order valence-electron chi connectivity index (χ0n) is 10.5. The predicted octanol–water partition coefficient (Wildman–Crippen LogP) is 3.29. The molecule has 0 amide bonds. The lowest BCUT2D eigenvalue weighted by Crippen LogP contribution is -2.03. The van der Waals surface area contributed by atoms with E-state index in [4.69, 9.17) is 9.52 Å². The molecule has 3 rings (SSSR count). The quantitative estimate of drug-likeness (QED) is 0.781. The van der Waals surface area contributed by atoms with Gasteiger partial charge in [0, 0.05) is 17.1 Å². The Bertz CT molecular complexity index is 752. The van der Waals surface area contributed by atoms with E-state index < -0.39 is 5.97 Å². The number of furan rings is 1. The molecule has 0 saturated heterocycles. The van der Waals surface area contributed by atoms with E-state index in [0.29, 0.717) is 12.3 Å². The third-order valence-electron chi connectivity index (χ3n) is 3.28. The Balaban J connectivity index is 2.06. The Labute approximate surface area is 109 Å². The van der Waals surface area contributed by atoms with E-state index in [2.05, 4.69) is 6.07 Å². The Morgan fingerprint density at radius 2 is 2.11 bits per heavy atom. The first-order valence-corrected chi connectivity index (χ1v) is 6.01. The van der Waals surface area contributed by atoms with E-state index in [1.165, 1.54) is 23.3 Å². The van der Waals surface area contributed by atoms with Crippen molar-refractivity contribution >= 4 is 16.9 Å². The number of fused-ring (bicyclic) bond motifs is 1. The van der Waals surface area contributed by atoms with Crippen LogP contribution in [-0.4, -0.2) is 15.6 Å². The number of aromatic carboxylic acids is 1. The van der Waals surface area contributed by atoms with Gasteiger partial charge in [-0.25, -0.2) is 4.79 Å². The average molecular weight is 255 g/mol. The first kappa shape index (κ1) is 11.6. The van der Waals surface area contributed by atoms with Gasteiger partial charge in [-0.2, -0.15) is 0 Å². The standard InChI is InChI=1S/C15H13NO3/c1-10-8-16(13-5-3-2-4-11(10)13)9-14-12(15(17)18)6-7-19-14/h2-8H,9H2,1H3,(H,17,18). The van der Waals surface area contributed by atoms with Crippen molar-refractivity contribution in [2.24, 2.45) is 0 Å². The summed E-state index contributed by atoms with van der Waals surface area (Å²) in [6.45, 7) is 2.46. The highest BCUT2D eigenvalue weighted by Gasteiger charge is 2.15. The van der Waals surface area contributed by atoms with Crippen molar-refractivity contribution in [1.29, 1.82) is 0 Å². The van der Waals surface area contributed by atoms with Gasteiger partial charge >= 0.3 is 5.97 Å². The lowest BCUT2D eigenvalue weighted by Gasteiger charge is -2.03. The van der Waals surface area contributed by atoms with Crippen LogP contribution in [0.1, 0.15) is 21.7 Å². The van der Waals surface area contributed by atoms with Gasteiger partial charge in [0.05, 0.1) is 12.8 Å². The largest absolute Gasteiger partial charge is 0.478 e. The van der Waals surface area contributed by atoms with Crippen LogP contribution in [0.2, 0.25) is 0 Å². The van der Waals surface area contributed by atoms with Crippen LogP contribution in [0, 0.1) is 6.92 Å². The molecule has 4 nitrogen and oxygen atoms in total. The molecule has 0 atom stereocenters. The van der Waals surface area contributed by atoms with E-state index in [1.54, 1.807) is 0 Å². The second-order valence-electron chi connectivity index (χ2n) is 4.52. The molecule has 0 bridgehead atoms. The van der Waals surface area contributed by atoms with E-state index in [0.717, 1.165) is 5.52 Å². The van der Waals surface area contributed by atoms with Crippen molar-refractivity contribution in [2.45, 2.75) is 13.5 Å². The summed E-state index contributed by atoms with van der Waals surface area (Å²) in [4.78, 5) is 11.1. The Morgan fingerprint density at radius 3 is 2.89 bits per heavy atom. The SMILES string of the molecule is Cc1cn(Cc2occc2C(=O)O)c2ccccc12. The van der Waals surface area contributed by atoms with Gasteiger partial charge < -0.3 is 14.1 Å². The number of hydrogen-bond acceptors (Lipinski definition) is 2. The van der Waals surface area contributed by atoms with Gasteiger partial charge in [-0.05, 0) is 24.6 Å². The molecular weight excluding hydrogens is 242 g/mol. The van der Waals surface area contributed by atoms with Crippen molar-refractivity contribution in [3.63, 3.8) is 0 Å².